The van der Waals surface area contributed by atoms with Crippen LogP contribution in [0.3, 0.4) is 0 Å². The Bertz CT molecular complexity index is 539. The normalized spacial score (nSPS) is 21.0. The molecule has 0 saturated heterocycles. The summed E-state index contributed by atoms with van der Waals surface area (Å²) in [5, 5.41) is 10.1. The molecule has 2 unspecified atom stereocenters. The van der Waals surface area contributed by atoms with Crippen LogP contribution >= 0.6 is 0 Å². The number of rotatable bonds is 3. The smallest absolute Gasteiger partial charge is 0.262 e. The fourth-order valence-electron chi connectivity index (χ4n) is 2.48. The highest BCUT2D eigenvalue weighted by molar-refractivity contribution is 5.80. The van der Waals surface area contributed by atoms with Gasteiger partial charge in [-0.3, -0.25) is 4.79 Å². The topological polar surface area (TPSA) is 59.0 Å². The van der Waals surface area contributed by atoms with E-state index in [0.29, 0.717) is 17.9 Å². The van der Waals surface area contributed by atoms with Crippen molar-refractivity contribution in [3.63, 3.8) is 0 Å². The highest BCUT2D eigenvalue weighted by atomic mass is 16.5. The maximum atomic E-state index is 11.8. The SMILES string of the molecule is CC(Oc1ccc2c(c1)OC(C)(C)CC2O)C(=O)N(C)C. The number of ether oxygens (including phenoxy) is 2. The predicted molar refractivity (Wildman–Crippen MR) is 79.5 cm³/mol. The second-order valence-corrected chi connectivity index (χ2v) is 6.27. The summed E-state index contributed by atoms with van der Waals surface area (Å²) < 4.78 is 11.5. The Morgan fingerprint density at radius 1 is 1.48 bits per heavy atom. The first-order valence-corrected chi connectivity index (χ1v) is 7.08. The summed E-state index contributed by atoms with van der Waals surface area (Å²) in [7, 11) is 3.38. The predicted octanol–water partition coefficient (Wildman–Crippen LogP) is 2.14. The third-order valence-corrected chi connectivity index (χ3v) is 3.52. The molecule has 2 atom stereocenters. The summed E-state index contributed by atoms with van der Waals surface area (Å²) in [6.07, 6.45) is -0.561. The molecule has 2 rings (SSSR count). The van der Waals surface area contributed by atoms with Crippen LogP contribution in [-0.2, 0) is 4.79 Å². The summed E-state index contributed by atoms with van der Waals surface area (Å²) in [6, 6.07) is 5.28. The van der Waals surface area contributed by atoms with E-state index in [1.807, 2.05) is 13.8 Å². The van der Waals surface area contributed by atoms with Gasteiger partial charge in [-0.1, -0.05) is 0 Å². The van der Waals surface area contributed by atoms with Crippen molar-refractivity contribution in [2.75, 3.05) is 14.1 Å². The number of hydrogen-bond acceptors (Lipinski definition) is 4. The number of benzene rings is 1. The highest BCUT2D eigenvalue weighted by Gasteiger charge is 2.33. The highest BCUT2D eigenvalue weighted by Crippen LogP contribution is 2.41. The number of aliphatic hydroxyl groups is 1. The van der Waals surface area contributed by atoms with Gasteiger partial charge in [0.25, 0.3) is 5.91 Å². The average molecular weight is 293 g/mol. The average Bonchev–Trinajstić information content (AvgIpc) is 2.35. The minimum atomic E-state index is -0.570. The largest absolute Gasteiger partial charge is 0.487 e. The third-order valence-electron chi connectivity index (χ3n) is 3.52. The molecule has 5 nitrogen and oxygen atoms in total. The van der Waals surface area contributed by atoms with Crippen molar-refractivity contribution in [3.8, 4) is 11.5 Å². The monoisotopic (exact) mass is 293 g/mol. The number of amides is 1. The van der Waals surface area contributed by atoms with Crippen molar-refractivity contribution in [1.29, 1.82) is 0 Å². The van der Waals surface area contributed by atoms with Crippen LogP contribution in [0.5, 0.6) is 11.5 Å². The van der Waals surface area contributed by atoms with Crippen LogP contribution in [0.4, 0.5) is 0 Å². The zero-order valence-corrected chi connectivity index (χ0v) is 13.2. The standard InChI is InChI=1S/C16H23NO4/c1-10(15(19)17(4)5)20-11-6-7-12-13(18)9-16(2,3)21-14(12)8-11/h6-8,10,13,18H,9H2,1-5H3. The molecular weight excluding hydrogens is 270 g/mol. The van der Waals surface area contributed by atoms with Crippen molar-refractivity contribution in [3.05, 3.63) is 23.8 Å². The molecule has 1 aliphatic rings. The number of hydrogen-bond donors (Lipinski definition) is 1. The van der Waals surface area contributed by atoms with Crippen molar-refractivity contribution >= 4 is 5.91 Å². The fraction of sp³-hybridized carbons (Fsp3) is 0.562. The maximum absolute atomic E-state index is 11.8. The zero-order valence-electron chi connectivity index (χ0n) is 13.2. The molecular formula is C16H23NO4. The number of fused-ring (bicyclic) bond motifs is 1. The Balaban J connectivity index is 2.20. The Hall–Kier alpha value is -1.75. The number of carbonyl (C=O) groups excluding carboxylic acids is 1. The van der Waals surface area contributed by atoms with Gasteiger partial charge in [-0.25, -0.2) is 0 Å². The summed E-state index contributed by atoms with van der Waals surface area (Å²) in [5.74, 6) is 1.07. The van der Waals surface area contributed by atoms with Crippen LogP contribution in [0.15, 0.2) is 18.2 Å². The van der Waals surface area contributed by atoms with Gasteiger partial charge in [0.05, 0.1) is 6.10 Å². The van der Waals surface area contributed by atoms with Gasteiger partial charge in [0.15, 0.2) is 6.10 Å². The lowest BCUT2D eigenvalue weighted by Gasteiger charge is -2.35. The van der Waals surface area contributed by atoms with Gasteiger partial charge in [-0.05, 0) is 32.9 Å². The van der Waals surface area contributed by atoms with E-state index in [-0.39, 0.29) is 5.91 Å². The van der Waals surface area contributed by atoms with Gasteiger partial charge in [-0.2, -0.15) is 0 Å². The molecule has 0 radical (unpaired) electrons. The van der Waals surface area contributed by atoms with Crippen LogP contribution in [0.2, 0.25) is 0 Å². The summed E-state index contributed by atoms with van der Waals surface area (Å²) in [5.41, 5.74) is 0.337. The molecule has 5 heteroatoms. The summed E-state index contributed by atoms with van der Waals surface area (Å²) in [4.78, 5) is 13.3. The van der Waals surface area contributed by atoms with Gasteiger partial charge >= 0.3 is 0 Å². The lowest BCUT2D eigenvalue weighted by atomic mass is 9.92. The lowest BCUT2D eigenvalue weighted by molar-refractivity contribution is -0.135. The lowest BCUT2D eigenvalue weighted by Crippen LogP contribution is -2.36. The maximum Gasteiger partial charge on any atom is 0.262 e. The molecule has 1 aromatic carbocycles. The quantitative estimate of drug-likeness (QED) is 0.927. The molecule has 1 N–H and O–H groups in total. The van der Waals surface area contributed by atoms with Gasteiger partial charge in [-0.15, -0.1) is 0 Å². The second kappa shape index (κ2) is 5.56. The zero-order chi connectivity index (χ0) is 15.8. The summed E-state index contributed by atoms with van der Waals surface area (Å²) >= 11 is 0. The molecule has 0 bridgehead atoms. The van der Waals surface area contributed by atoms with Crippen LogP contribution in [0.25, 0.3) is 0 Å². The van der Waals surface area contributed by atoms with Crippen LogP contribution in [0.1, 0.15) is 38.9 Å². The van der Waals surface area contributed by atoms with E-state index in [2.05, 4.69) is 0 Å². The molecule has 0 spiro atoms. The molecule has 0 saturated carbocycles. The van der Waals surface area contributed by atoms with Gasteiger partial charge in [0.2, 0.25) is 0 Å². The first-order valence-electron chi connectivity index (χ1n) is 7.08. The molecule has 1 amide bonds. The number of carbonyl (C=O) groups is 1. The van der Waals surface area contributed by atoms with Crippen LogP contribution in [0, 0.1) is 0 Å². The second-order valence-electron chi connectivity index (χ2n) is 6.27. The molecule has 0 aliphatic carbocycles. The van der Waals surface area contributed by atoms with E-state index in [1.165, 1.54) is 4.90 Å². The van der Waals surface area contributed by atoms with Crippen molar-refractivity contribution in [2.24, 2.45) is 0 Å². The van der Waals surface area contributed by atoms with E-state index in [0.717, 1.165) is 5.56 Å². The van der Waals surface area contributed by atoms with E-state index in [1.54, 1.807) is 39.2 Å². The van der Waals surface area contributed by atoms with Gasteiger partial charge in [0.1, 0.15) is 17.1 Å². The van der Waals surface area contributed by atoms with Crippen LogP contribution in [-0.4, -0.2) is 41.7 Å². The number of likely N-dealkylation sites (N-methyl/N-ethyl adjacent to an activating group) is 1. The minimum absolute atomic E-state index is 0.103. The van der Waals surface area contributed by atoms with E-state index < -0.39 is 17.8 Å². The first kappa shape index (κ1) is 15.6. The Kier molecular flexibility index (Phi) is 4.14. The molecule has 1 aromatic rings. The van der Waals surface area contributed by atoms with Crippen molar-refractivity contribution in [1.82, 2.24) is 4.90 Å². The van der Waals surface area contributed by atoms with E-state index >= 15 is 0 Å². The fourth-order valence-corrected chi connectivity index (χ4v) is 2.48. The number of nitrogens with zero attached hydrogens (tertiary/aromatic N) is 1. The number of aliphatic hydroxyl groups excluding tert-OH is 1. The Labute approximate surface area is 125 Å². The van der Waals surface area contributed by atoms with Crippen molar-refractivity contribution < 1.29 is 19.4 Å². The minimum Gasteiger partial charge on any atom is -0.487 e. The molecule has 1 heterocycles. The Morgan fingerprint density at radius 2 is 2.14 bits per heavy atom. The third kappa shape index (κ3) is 3.47. The molecule has 116 valence electrons. The molecule has 21 heavy (non-hydrogen) atoms. The van der Waals surface area contributed by atoms with E-state index in [9.17, 15) is 9.90 Å². The van der Waals surface area contributed by atoms with Gasteiger partial charge in [0, 0.05) is 32.1 Å². The molecule has 0 aromatic heterocycles. The van der Waals surface area contributed by atoms with Crippen LogP contribution < -0.4 is 9.47 Å². The van der Waals surface area contributed by atoms with E-state index in [4.69, 9.17) is 9.47 Å². The van der Waals surface area contributed by atoms with Gasteiger partial charge < -0.3 is 19.5 Å². The Morgan fingerprint density at radius 3 is 2.76 bits per heavy atom. The molecule has 0 fully saturated rings. The summed E-state index contributed by atoms with van der Waals surface area (Å²) in [6.45, 7) is 5.58. The molecule has 1 aliphatic heterocycles. The van der Waals surface area contributed by atoms with Crippen molar-refractivity contribution in [2.45, 2.75) is 45.0 Å². The first-order chi connectivity index (χ1) is 9.69.